The number of urea groups is 1. The molecule has 2 aromatic rings. The Morgan fingerprint density at radius 1 is 0.929 bits per heavy atom. The lowest BCUT2D eigenvalue weighted by atomic mass is 10.2. The number of aryl methyl sites for hydroxylation is 1. The van der Waals surface area contributed by atoms with Crippen LogP contribution in [0.2, 0.25) is 0 Å². The van der Waals surface area contributed by atoms with Gasteiger partial charge in [0.05, 0.1) is 6.54 Å². The normalized spacial score (nSPS) is 10.2. The SMILES string of the molecule is CCOCCCNC(=O)NCC(=O)Nc1ccc(Oc2ccc(C)cc2)cc1. The summed E-state index contributed by atoms with van der Waals surface area (Å²) in [6, 6.07) is 14.4. The Hall–Kier alpha value is -3.06. The monoisotopic (exact) mass is 385 g/mol. The Labute approximate surface area is 165 Å². The van der Waals surface area contributed by atoms with E-state index in [-0.39, 0.29) is 18.5 Å². The number of rotatable bonds is 10. The van der Waals surface area contributed by atoms with E-state index in [4.69, 9.17) is 9.47 Å². The Bertz CT molecular complexity index is 745. The Kier molecular flexibility index (Phi) is 8.81. The molecule has 0 aliphatic heterocycles. The largest absolute Gasteiger partial charge is 0.457 e. The summed E-state index contributed by atoms with van der Waals surface area (Å²) in [5.74, 6) is 1.11. The van der Waals surface area contributed by atoms with Crippen molar-refractivity contribution in [3.05, 3.63) is 54.1 Å². The molecule has 0 bridgehead atoms. The predicted octanol–water partition coefficient (Wildman–Crippen LogP) is 3.45. The van der Waals surface area contributed by atoms with Gasteiger partial charge in [-0.25, -0.2) is 4.79 Å². The average molecular weight is 385 g/mol. The number of hydrogen-bond donors (Lipinski definition) is 3. The maximum absolute atomic E-state index is 11.9. The first-order valence-electron chi connectivity index (χ1n) is 9.30. The zero-order valence-electron chi connectivity index (χ0n) is 16.3. The van der Waals surface area contributed by atoms with Crippen molar-refractivity contribution < 1.29 is 19.1 Å². The molecule has 3 N–H and O–H groups in total. The molecular weight excluding hydrogens is 358 g/mol. The zero-order chi connectivity index (χ0) is 20.2. The van der Waals surface area contributed by atoms with Crippen LogP contribution in [0.3, 0.4) is 0 Å². The summed E-state index contributed by atoms with van der Waals surface area (Å²) in [4.78, 5) is 23.5. The van der Waals surface area contributed by atoms with Crippen LogP contribution in [-0.4, -0.2) is 38.2 Å². The van der Waals surface area contributed by atoms with Crippen LogP contribution in [0, 0.1) is 6.92 Å². The number of carbonyl (C=O) groups is 2. The second kappa shape index (κ2) is 11.6. The van der Waals surface area contributed by atoms with Gasteiger partial charge in [0, 0.05) is 25.4 Å². The van der Waals surface area contributed by atoms with E-state index >= 15 is 0 Å². The summed E-state index contributed by atoms with van der Waals surface area (Å²) < 4.78 is 10.9. The van der Waals surface area contributed by atoms with Gasteiger partial charge >= 0.3 is 6.03 Å². The van der Waals surface area contributed by atoms with Gasteiger partial charge in [-0.15, -0.1) is 0 Å². The second-order valence-corrected chi connectivity index (χ2v) is 6.15. The molecule has 0 saturated heterocycles. The van der Waals surface area contributed by atoms with Gasteiger partial charge in [0.25, 0.3) is 0 Å². The molecule has 0 unspecified atom stereocenters. The Morgan fingerprint density at radius 2 is 1.57 bits per heavy atom. The lowest BCUT2D eigenvalue weighted by Crippen LogP contribution is -2.40. The number of ether oxygens (including phenoxy) is 2. The van der Waals surface area contributed by atoms with E-state index in [9.17, 15) is 9.59 Å². The highest BCUT2D eigenvalue weighted by atomic mass is 16.5. The van der Waals surface area contributed by atoms with E-state index in [0.29, 0.717) is 31.2 Å². The molecule has 0 fully saturated rings. The van der Waals surface area contributed by atoms with Crippen LogP contribution in [-0.2, 0) is 9.53 Å². The molecule has 0 spiro atoms. The molecule has 0 saturated carbocycles. The minimum Gasteiger partial charge on any atom is -0.457 e. The van der Waals surface area contributed by atoms with Crippen LogP contribution >= 0.6 is 0 Å². The molecule has 0 aliphatic carbocycles. The third-order valence-electron chi connectivity index (χ3n) is 3.76. The first kappa shape index (κ1) is 21.2. The van der Waals surface area contributed by atoms with Crippen molar-refractivity contribution >= 4 is 17.6 Å². The fraction of sp³-hybridized carbons (Fsp3) is 0.333. The maximum atomic E-state index is 11.9. The van der Waals surface area contributed by atoms with Gasteiger partial charge in [-0.2, -0.15) is 0 Å². The molecule has 28 heavy (non-hydrogen) atoms. The quantitative estimate of drug-likeness (QED) is 0.547. The van der Waals surface area contributed by atoms with E-state index in [1.54, 1.807) is 24.3 Å². The molecule has 0 heterocycles. The highest BCUT2D eigenvalue weighted by molar-refractivity contribution is 5.94. The average Bonchev–Trinajstić information content (AvgIpc) is 2.69. The fourth-order valence-corrected chi connectivity index (χ4v) is 2.30. The van der Waals surface area contributed by atoms with Crippen molar-refractivity contribution in [1.29, 1.82) is 0 Å². The van der Waals surface area contributed by atoms with Crippen molar-refractivity contribution in [2.75, 3.05) is 31.6 Å². The van der Waals surface area contributed by atoms with E-state index in [1.165, 1.54) is 5.56 Å². The lowest BCUT2D eigenvalue weighted by molar-refractivity contribution is -0.115. The van der Waals surface area contributed by atoms with E-state index in [1.807, 2.05) is 38.1 Å². The predicted molar refractivity (Wildman–Crippen MR) is 109 cm³/mol. The van der Waals surface area contributed by atoms with Gasteiger partial charge in [0.1, 0.15) is 11.5 Å². The fourth-order valence-electron chi connectivity index (χ4n) is 2.30. The van der Waals surface area contributed by atoms with Gasteiger partial charge in [-0.05, 0) is 56.7 Å². The summed E-state index contributed by atoms with van der Waals surface area (Å²) in [5.41, 5.74) is 1.79. The summed E-state index contributed by atoms with van der Waals surface area (Å²) in [6.45, 7) is 5.58. The molecule has 150 valence electrons. The molecule has 2 aromatic carbocycles. The Morgan fingerprint density at radius 3 is 2.21 bits per heavy atom. The van der Waals surface area contributed by atoms with Gasteiger partial charge in [-0.1, -0.05) is 17.7 Å². The van der Waals surface area contributed by atoms with Crippen LogP contribution in [0.15, 0.2) is 48.5 Å². The van der Waals surface area contributed by atoms with Crippen LogP contribution in [0.4, 0.5) is 10.5 Å². The number of hydrogen-bond acceptors (Lipinski definition) is 4. The molecule has 7 nitrogen and oxygen atoms in total. The number of nitrogens with one attached hydrogen (secondary N) is 3. The molecule has 0 radical (unpaired) electrons. The lowest BCUT2D eigenvalue weighted by Gasteiger charge is -2.10. The topological polar surface area (TPSA) is 88.7 Å². The summed E-state index contributed by atoms with van der Waals surface area (Å²) in [7, 11) is 0. The van der Waals surface area contributed by atoms with Gasteiger partial charge in [0.2, 0.25) is 5.91 Å². The van der Waals surface area contributed by atoms with Crippen molar-refractivity contribution in [3.8, 4) is 11.5 Å². The molecule has 0 atom stereocenters. The third-order valence-corrected chi connectivity index (χ3v) is 3.76. The van der Waals surface area contributed by atoms with Crippen LogP contribution in [0.1, 0.15) is 18.9 Å². The number of benzene rings is 2. The first-order chi connectivity index (χ1) is 13.6. The minimum absolute atomic E-state index is 0.112. The molecule has 0 aromatic heterocycles. The molecule has 3 amide bonds. The van der Waals surface area contributed by atoms with E-state index in [0.717, 1.165) is 12.2 Å². The van der Waals surface area contributed by atoms with Gasteiger partial charge < -0.3 is 25.4 Å². The van der Waals surface area contributed by atoms with Gasteiger partial charge in [-0.3, -0.25) is 4.79 Å². The zero-order valence-corrected chi connectivity index (χ0v) is 16.3. The third kappa shape index (κ3) is 8.09. The van der Waals surface area contributed by atoms with Crippen LogP contribution in [0.5, 0.6) is 11.5 Å². The van der Waals surface area contributed by atoms with Crippen molar-refractivity contribution in [2.45, 2.75) is 20.3 Å². The Balaban J connectivity index is 1.69. The molecule has 2 rings (SSSR count). The smallest absolute Gasteiger partial charge is 0.315 e. The number of amides is 3. The van der Waals surface area contributed by atoms with Gasteiger partial charge in [0.15, 0.2) is 0 Å². The molecular formula is C21H27N3O4. The van der Waals surface area contributed by atoms with Crippen LogP contribution < -0.4 is 20.7 Å². The first-order valence-corrected chi connectivity index (χ1v) is 9.30. The van der Waals surface area contributed by atoms with E-state index in [2.05, 4.69) is 16.0 Å². The molecule has 7 heteroatoms. The standard InChI is InChI=1S/C21H27N3O4/c1-3-27-14-4-13-22-21(26)23-15-20(25)24-17-7-11-19(12-8-17)28-18-9-5-16(2)6-10-18/h5-12H,3-4,13-15H2,1-2H3,(H,24,25)(H2,22,23,26). The molecule has 0 aliphatic rings. The van der Waals surface area contributed by atoms with Crippen LogP contribution in [0.25, 0.3) is 0 Å². The summed E-state index contributed by atoms with van der Waals surface area (Å²) >= 11 is 0. The second-order valence-electron chi connectivity index (χ2n) is 6.15. The highest BCUT2D eigenvalue weighted by Crippen LogP contribution is 2.23. The minimum atomic E-state index is -0.381. The number of carbonyl (C=O) groups excluding carboxylic acids is 2. The van der Waals surface area contributed by atoms with Crippen molar-refractivity contribution in [3.63, 3.8) is 0 Å². The highest BCUT2D eigenvalue weighted by Gasteiger charge is 2.06. The van der Waals surface area contributed by atoms with Crippen molar-refractivity contribution in [1.82, 2.24) is 10.6 Å². The summed E-state index contributed by atoms with van der Waals surface area (Å²) in [5, 5.41) is 7.91. The number of anilines is 1. The summed E-state index contributed by atoms with van der Waals surface area (Å²) in [6.07, 6.45) is 0.727. The van der Waals surface area contributed by atoms with Crippen molar-refractivity contribution in [2.24, 2.45) is 0 Å². The van der Waals surface area contributed by atoms with E-state index < -0.39 is 0 Å². The maximum Gasteiger partial charge on any atom is 0.315 e.